The molecule has 0 saturated carbocycles. The second-order valence-corrected chi connectivity index (χ2v) is 10.8. The first-order valence-electron chi connectivity index (χ1n) is 13.3. The number of hydrogen-bond donors (Lipinski definition) is 0. The van der Waals surface area contributed by atoms with Crippen molar-refractivity contribution in [3.05, 3.63) is 54.1 Å². The van der Waals surface area contributed by atoms with E-state index in [0.29, 0.717) is 11.5 Å². The Balaban J connectivity index is 1.24. The van der Waals surface area contributed by atoms with Crippen molar-refractivity contribution in [3.63, 3.8) is 0 Å². The summed E-state index contributed by atoms with van der Waals surface area (Å²) in [6.07, 6.45) is 1.26. The summed E-state index contributed by atoms with van der Waals surface area (Å²) < 4.78 is 32.8. The molecule has 198 valence electrons. The number of carbonyl (C=O) groups excluding carboxylic acids is 2. The molecule has 0 aromatic heterocycles. The predicted octanol–water partition coefficient (Wildman–Crippen LogP) is 5.67. The number of ether oxygens (including phenoxy) is 1. The highest BCUT2D eigenvalue weighted by Gasteiger charge is 2.38. The van der Waals surface area contributed by atoms with Gasteiger partial charge in [0.15, 0.2) is 0 Å². The van der Waals surface area contributed by atoms with E-state index in [1.54, 1.807) is 17.0 Å². The molecule has 1 atom stereocenters. The van der Waals surface area contributed by atoms with E-state index < -0.39 is 5.92 Å². The van der Waals surface area contributed by atoms with Gasteiger partial charge in [0, 0.05) is 49.8 Å². The Morgan fingerprint density at radius 2 is 1.49 bits per heavy atom. The summed E-state index contributed by atoms with van der Waals surface area (Å²) in [5, 5.41) is 0. The Hall–Kier alpha value is -3.00. The number of anilines is 1. The fourth-order valence-corrected chi connectivity index (χ4v) is 5.68. The number of hydrogen-bond acceptors (Lipinski definition) is 4. The molecule has 4 aliphatic rings. The number of rotatable bonds is 5. The number of carbonyl (C=O) groups is 2. The molecule has 4 heterocycles. The summed E-state index contributed by atoms with van der Waals surface area (Å²) >= 11 is 0. The minimum atomic E-state index is -2.68. The van der Waals surface area contributed by atoms with Crippen LogP contribution in [0, 0.1) is 5.92 Å². The fourth-order valence-electron chi connectivity index (χ4n) is 5.68. The van der Waals surface area contributed by atoms with Crippen LogP contribution in [0.2, 0.25) is 0 Å². The van der Waals surface area contributed by atoms with E-state index in [1.165, 1.54) is 4.90 Å². The van der Waals surface area contributed by atoms with Crippen LogP contribution in [-0.4, -0.2) is 72.6 Å². The number of alkyl halides is 2. The van der Waals surface area contributed by atoms with E-state index in [2.05, 4.69) is 4.90 Å². The zero-order valence-corrected chi connectivity index (χ0v) is 21.5. The van der Waals surface area contributed by atoms with Crippen LogP contribution in [0.3, 0.4) is 0 Å². The molecular weight excluding hydrogens is 476 g/mol. The predicted molar refractivity (Wildman–Crippen MR) is 139 cm³/mol. The van der Waals surface area contributed by atoms with Crippen LogP contribution in [-0.2, 0) is 4.74 Å². The van der Waals surface area contributed by atoms with Gasteiger partial charge in [0.25, 0.3) is 11.8 Å². The van der Waals surface area contributed by atoms with Crippen molar-refractivity contribution >= 4 is 17.7 Å². The van der Waals surface area contributed by atoms with Crippen molar-refractivity contribution in [2.75, 3.05) is 37.6 Å². The zero-order valence-electron chi connectivity index (χ0n) is 21.5. The Morgan fingerprint density at radius 1 is 0.919 bits per heavy atom. The molecule has 4 saturated heterocycles. The Morgan fingerprint density at radius 3 is 2.00 bits per heavy atom. The summed E-state index contributed by atoms with van der Waals surface area (Å²) in [7, 11) is 0. The van der Waals surface area contributed by atoms with Crippen LogP contribution in [0.1, 0.15) is 49.9 Å². The highest BCUT2D eigenvalue weighted by atomic mass is 19.3. The fraction of sp³-hybridized carbons (Fsp3) is 0.517. The van der Waals surface area contributed by atoms with Gasteiger partial charge >= 0.3 is 6.09 Å². The maximum atomic E-state index is 13.4. The third-order valence-electron chi connectivity index (χ3n) is 7.95. The molecule has 0 N–H and O–H groups in total. The average molecular weight is 512 g/mol. The minimum absolute atomic E-state index is 0.0434. The lowest BCUT2D eigenvalue weighted by atomic mass is 9.86. The van der Waals surface area contributed by atoms with Crippen LogP contribution >= 0.6 is 0 Å². The summed E-state index contributed by atoms with van der Waals surface area (Å²) in [4.78, 5) is 31.4. The molecule has 4 aliphatic heterocycles. The number of halogens is 2. The van der Waals surface area contributed by atoms with Crippen molar-refractivity contribution in [3.8, 4) is 11.1 Å². The summed E-state index contributed by atoms with van der Waals surface area (Å²) in [6.45, 7) is 7.12. The summed E-state index contributed by atoms with van der Waals surface area (Å²) in [5.41, 5.74) is 3.15. The average Bonchev–Trinajstić information content (AvgIpc) is 2.89. The van der Waals surface area contributed by atoms with Crippen LogP contribution in [0.15, 0.2) is 48.5 Å². The first kappa shape index (κ1) is 25.6. The van der Waals surface area contributed by atoms with Gasteiger partial charge in [-0.25, -0.2) is 13.6 Å². The molecule has 2 aromatic carbocycles. The summed E-state index contributed by atoms with van der Waals surface area (Å²) in [5.74, 6) is -2.44. The number of likely N-dealkylation sites (tertiary alicyclic amines) is 1. The molecule has 2 bridgehead atoms. The Kier molecular flexibility index (Phi) is 7.21. The second-order valence-electron chi connectivity index (χ2n) is 10.8. The lowest BCUT2D eigenvalue weighted by Crippen LogP contribution is -2.53. The molecule has 8 heteroatoms. The number of amides is 2. The van der Waals surface area contributed by atoms with Gasteiger partial charge in [-0.05, 0) is 81.1 Å². The second kappa shape index (κ2) is 10.4. The van der Waals surface area contributed by atoms with Crippen molar-refractivity contribution < 1.29 is 23.1 Å². The third-order valence-corrected chi connectivity index (χ3v) is 7.95. The van der Waals surface area contributed by atoms with E-state index in [-0.39, 0.29) is 50.1 Å². The lowest BCUT2D eigenvalue weighted by molar-refractivity contribution is -0.0494. The number of fused-ring (bicyclic) bond motifs is 3. The molecule has 0 radical (unpaired) electrons. The minimum Gasteiger partial charge on any atom is -0.444 e. The van der Waals surface area contributed by atoms with E-state index in [1.807, 2.05) is 50.2 Å². The first-order chi connectivity index (χ1) is 17.7. The highest BCUT2D eigenvalue weighted by molar-refractivity contribution is 5.95. The molecule has 2 aromatic rings. The number of benzene rings is 2. The van der Waals surface area contributed by atoms with E-state index in [9.17, 15) is 18.4 Å². The van der Waals surface area contributed by atoms with Gasteiger partial charge in [0.05, 0.1) is 0 Å². The van der Waals surface area contributed by atoms with E-state index >= 15 is 0 Å². The topological polar surface area (TPSA) is 53.1 Å². The van der Waals surface area contributed by atoms with Crippen molar-refractivity contribution in [2.45, 2.75) is 57.6 Å². The van der Waals surface area contributed by atoms with Gasteiger partial charge in [-0.1, -0.05) is 24.3 Å². The Bertz CT molecular complexity index is 1100. The zero-order chi connectivity index (χ0) is 26.2. The van der Waals surface area contributed by atoms with Crippen LogP contribution in [0.4, 0.5) is 19.3 Å². The Labute approximate surface area is 217 Å². The molecule has 0 aliphatic carbocycles. The molecule has 6 nitrogen and oxygen atoms in total. The van der Waals surface area contributed by atoms with Gasteiger partial charge < -0.3 is 9.64 Å². The van der Waals surface area contributed by atoms with Gasteiger partial charge in [-0.15, -0.1) is 0 Å². The van der Waals surface area contributed by atoms with Gasteiger partial charge in [0.2, 0.25) is 0 Å². The van der Waals surface area contributed by atoms with Crippen molar-refractivity contribution in [1.82, 2.24) is 9.80 Å². The van der Waals surface area contributed by atoms with Gasteiger partial charge in [-0.2, -0.15) is 0 Å². The molecular formula is C29H35F2N3O3. The SMILES string of the molecule is CC(C)N(C(=O)OC1CN2CCC1CC2)c1ccc(-c2ccc(C(=O)N3CCC(F)(F)CC3)cc2)cc1. The van der Waals surface area contributed by atoms with Gasteiger partial charge in [-0.3, -0.25) is 14.6 Å². The monoisotopic (exact) mass is 511 g/mol. The highest BCUT2D eigenvalue weighted by Crippen LogP contribution is 2.32. The molecule has 6 rings (SSSR count). The van der Waals surface area contributed by atoms with Crippen LogP contribution in [0.5, 0.6) is 0 Å². The van der Waals surface area contributed by atoms with E-state index in [4.69, 9.17) is 4.74 Å². The van der Waals surface area contributed by atoms with Crippen LogP contribution in [0.25, 0.3) is 11.1 Å². The largest absolute Gasteiger partial charge is 0.444 e. The smallest absolute Gasteiger partial charge is 0.414 e. The number of piperidine rings is 4. The van der Waals surface area contributed by atoms with Crippen molar-refractivity contribution in [2.24, 2.45) is 5.92 Å². The van der Waals surface area contributed by atoms with Crippen molar-refractivity contribution in [1.29, 1.82) is 0 Å². The summed E-state index contributed by atoms with van der Waals surface area (Å²) in [6, 6.07) is 14.9. The molecule has 4 fully saturated rings. The van der Waals surface area contributed by atoms with E-state index in [0.717, 1.165) is 49.3 Å². The van der Waals surface area contributed by atoms with Gasteiger partial charge in [0.1, 0.15) is 6.10 Å². The number of nitrogens with zero attached hydrogens (tertiary/aromatic N) is 3. The quantitative estimate of drug-likeness (QED) is 0.519. The first-order valence-corrected chi connectivity index (χ1v) is 13.3. The molecule has 1 unspecified atom stereocenters. The standard InChI is InChI=1S/C29H35F2N3O3/c1-20(2)34(28(36)37-26-19-32-15-11-23(26)12-16-32)25-9-7-22(8-10-25)21-3-5-24(6-4-21)27(35)33-17-13-29(30,31)14-18-33/h3-10,20,23,26H,11-19H2,1-2H3. The maximum absolute atomic E-state index is 13.4. The maximum Gasteiger partial charge on any atom is 0.414 e. The molecule has 37 heavy (non-hydrogen) atoms. The normalized spacial score (nSPS) is 24.7. The lowest BCUT2D eigenvalue weighted by Gasteiger charge is -2.44. The molecule has 2 amide bonds. The van der Waals surface area contributed by atoms with Crippen LogP contribution < -0.4 is 4.90 Å². The molecule has 0 spiro atoms. The third kappa shape index (κ3) is 5.64.